The summed E-state index contributed by atoms with van der Waals surface area (Å²) in [6.45, 7) is 1.47. The second-order valence-corrected chi connectivity index (χ2v) is 6.67. The zero-order chi connectivity index (χ0) is 15.6. The molecule has 0 fully saturated rings. The predicted molar refractivity (Wildman–Crippen MR) is 75.2 cm³/mol. The van der Waals surface area contributed by atoms with Crippen LogP contribution < -0.4 is 0 Å². The Morgan fingerprint density at radius 3 is 2.67 bits per heavy atom. The minimum absolute atomic E-state index is 0.0515. The van der Waals surface area contributed by atoms with E-state index in [1.165, 1.54) is 23.9 Å². The van der Waals surface area contributed by atoms with Crippen LogP contribution in [-0.4, -0.2) is 47.8 Å². The van der Waals surface area contributed by atoms with Gasteiger partial charge in [0.15, 0.2) is 0 Å². The second kappa shape index (κ2) is 5.92. The zero-order valence-corrected chi connectivity index (χ0v) is 12.5. The quantitative estimate of drug-likeness (QED) is 0.891. The molecule has 1 N–H and O–H groups in total. The molecule has 0 aliphatic rings. The maximum atomic E-state index is 14.1. The van der Waals surface area contributed by atoms with Crippen LogP contribution in [0.3, 0.4) is 0 Å². The Bertz CT molecular complexity index is 743. The molecule has 2 aromatic rings. The first kappa shape index (κ1) is 15.6. The summed E-state index contributed by atoms with van der Waals surface area (Å²) in [5.74, 6) is -0.684. The molecule has 0 aliphatic carbocycles. The highest BCUT2D eigenvalue weighted by atomic mass is 32.2. The molecule has 1 heterocycles. The molecule has 6 nitrogen and oxygen atoms in total. The van der Waals surface area contributed by atoms with Gasteiger partial charge in [0.1, 0.15) is 11.5 Å². The number of aromatic nitrogens is 2. The standard InChI is InChI=1S/C13H16FN3O3S/c1-10-8-15-17(9-10)13-4-3-11(7-12(13)14)21(19,20)16(2)5-6-18/h3-4,7-9,18H,5-6H2,1-2H3. The van der Waals surface area contributed by atoms with Crippen molar-refractivity contribution in [1.82, 2.24) is 14.1 Å². The number of aliphatic hydroxyl groups is 1. The summed E-state index contributed by atoms with van der Waals surface area (Å²) >= 11 is 0. The lowest BCUT2D eigenvalue weighted by molar-refractivity contribution is 0.266. The molecular formula is C13H16FN3O3S. The number of halogens is 1. The van der Waals surface area contributed by atoms with Crippen LogP contribution in [0.25, 0.3) is 5.69 Å². The fraction of sp³-hybridized carbons (Fsp3) is 0.308. The molecule has 0 saturated carbocycles. The Balaban J connectivity index is 2.40. The topological polar surface area (TPSA) is 75.4 Å². The van der Waals surface area contributed by atoms with Crippen LogP contribution in [0.2, 0.25) is 0 Å². The van der Waals surface area contributed by atoms with Crippen LogP contribution >= 0.6 is 0 Å². The highest BCUT2D eigenvalue weighted by molar-refractivity contribution is 7.89. The molecule has 0 aliphatic heterocycles. The summed E-state index contributed by atoms with van der Waals surface area (Å²) in [6, 6.07) is 3.63. The van der Waals surface area contributed by atoms with Gasteiger partial charge in [0.25, 0.3) is 0 Å². The molecule has 0 atom stereocenters. The number of sulfonamides is 1. The Morgan fingerprint density at radius 2 is 2.14 bits per heavy atom. The molecular weight excluding hydrogens is 297 g/mol. The number of aryl methyl sites for hydroxylation is 1. The van der Waals surface area contributed by atoms with Gasteiger partial charge in [-0.2, -0.15) is 9.40 Å². The van der Waals surface area contributed by atoms with Crippen molar-refractivity contribution in [2.45, 2.75) is 11.8 Å². The Hall–Kier alpha value is -1.77. The van der Waals surface area contributed by atoms with Crippen molar-refractivity contribution in [1.29, 1.82) is 0 Å². The second-order valence-electron chi connectivity index (χ2n) is 4.63. The van der Waals surface area contributed by atoms with Crippen LogP contribution in [0.4, 0.5) is 4.39 Å². The van der Waals surface area contributed by atoms with E-state index in [1.807, 2.05) is 6.92 Å². The van der Waals surface area contributed by atoms with Gasteiger partial charge in [-0.15, -0.1) is 0 Å². The van der Waals surface area contributed by atoms with E-state index in [9.17, 15) is 12.8 Å². The van der Waals surface area contributed by atoms with Gasteiger partial charge in [0, 0.05) is 19.8 Å². The maximum absolute atomic E-state index is 14.1. The van der Waals surface area contributed by atoms with Crippen molar-refractivity contribution in [3.05, 3.63) is 42.0 Å². The van der Waals surface area contributed by atoms with Crippen LogP contribution in [0, 0.1) is 12.7 Å². The molecule has 0 amide bonds. The van der Waals surface area contributed by atoms with Crippen LogP contribution in [-0.2, 0) is 10.0 Å². The fourth-order valence-corrected chi connectivity index (χ4v) is 2.99. The molecule has 0 radical (unpaired) electrons. The number of benzene rings is 1. The molecule has 0 saturated heterocycles. The Morgan fingerprint density at radius 1 is 1.43 bits per heavy atom. The van der Waals surface area contributed by atoms with Crippen LogP contribution in [0.15, 0.2) is 35.5 Å². The molecule has 0 spiro atoms. The molecule has 1 aromatic carbocycles. The third kappa shape index (κ3) is 3.12. The van der Waals surface area contributed by atoms with Gasteiger partial charge < -0.3 is 5.11 Å². The van der Waals surface area contributed by atoms with E-state index in [2.05, 4.69) is 5.10 Å². The highest BCUT2D eigenvalue weighted by Gasteiger charge is 2.22. The summed E-state index contributed by atoms with van der Waals surface area (Å²) in [6.07, 6.45) is 3.23. The van der Waals surface area contributed by atoms with E-state index >= 15 is 0 Å². The maximum Gasteiger partial charge on any atom is 0.243 e. The van der Waals surface area contributed by atoms with E-state index < -0.39 is 15.8 Å². The van der Waals surface area contributed by atoms with E-state index in [-0.39, 0.29) is 23.7 Å². The summed E-state index contributed by atoms with van der Waals surface area (Å²) < 4.78 is 40.8. The average Bonchev–Trinajstić information content (AvgIpc) is 2.85. The number of hydrogen-bond acceptors (Lipinski definition) is 4. The normalized spacial score (nSPS) is 12.0. The average molecular weight is 313 g/mol. The Kier molecular flexibility index (Phi) is 4.40. The molecule has 8 heteroatoms. The number of rotatable bonds is 5. The summed E-state index contributed by atoms with van der Waals surface area (Å²) in [4.78, 5) is -0.163. The first-order valence-electron chi connectivity index (χ1n) is 6.24. The Labute approximate surface area is 122 Å². The van der Waals surface area contributed by atoms with Gasteiger partial charge in [-0.25, -0.2) is 17.5 Å². The third-order valence-electron chi connectivity index (χ3n) is 3.00. The van der Waals surface area contributed by atoms with Gasteiger partial charge in [-0.1, -0.05) is 0 Å². The summed E-state index contributed by atoms with van der Waals surface area (Å²) in [5, 5.41) is 12.8. The minimum atomic E-state index is -3.81. The van der Waals surface area contributed by atoms with Crippen molar-refractivity contribution in [2.75, 3.05) is 20.2 Å². The van der Waals surface area contributed by atoms with Gasteiger partial charge in [-0.05, 0) is 30.7 Å². The minimum Gasteiger partial charge on any atom is -0.395 e. The smallest absolute Gasteiger partial charge is 0.243 e. The van der Waals surface area contributed by atoms with Crippen molar-refractivity contribution in [2.24, 2.45) is 0 Å². The largest absolute Gasteiger partial charge is 0.395 e. The van der Waals surface area contributed by atoms with E-state index in [0.29, 0.717) is 0 Å². The monoisotopic (exact) mass is 313 g/mol. The molecule has 114 valence electrons. The third-order valence-corrected chi connectivity index (χ3v) is 4.85. The summed E-state index contributed by atoms with van der Waals surface area (Å²) in [5.41, 5.74) is 1.04. The SMILES string of the molecule is Cc1cnn(-c2ccc(S(=O)(=O)N(C)CCO)cc2F)c1. The number of nitrogens with zero attached hydrogens (tertiary/aromatic N) is 3. The first-order chi connectivity index (χ1) is 9.86. The molecule has 0 unspecified atom stereocenters. The number of likely N-dealkylation sites (N-methyl/N-ethyl adjacent to an activating group) is 1. The summed E-state index contributed by atoms with van der Waals surface area (Å²) in [7, 11) is -2.49. The van der Waals surface area contributed by atoms with Crippen molar-refractivity contribution < 1.29 is 17.9 Å². The first-order valence-corrected chi connectivity index (χ1v) is 7.68. The van der Waals surface area contributed by atoms with Crippen LogP contribution in [0.5, 0.6) is 0 Å². The van der Waals surface area contributed by atoms with E-state index in [0.717, 1.165) is 15.9 Å². The lowest BCUT2D eigenvalue weighted by Gasteiger charge is -2.16. The lowest BCUT2D eigenvalue weighted by Crippen LogP contribution is -2.29. The number of hydrogen-bond donors (Lipinski definition) is 1. The fourth-order valence-electron chi connectivity index (χ4n) is 1.82. The van der Waals surface area contributed by atoms with Gasteiger partial charge in [0.2, 0.25) is 10.0 Å². The predicted octanol–water partition coefficient (Wildman–Crippen LogP) is 0.933. The lowest BCUT2D eigenvalue weighted by atomic mass is 10.3. The zero-order valence-electron chi connectivity index (χ0n) is 11.7. The molecule has 0 bridgehead atoms. The van der Waals surface area contributed by atoms with Crippen molar-refractivity contribution >= 4 is 10.0 Å². The van der Waals surface area contributed by atoms with Crippen LogP contribution in [0.1, 0.15) is 5.56 Å². The van der Waals surface area contributed by atoms with E-state index in [1.54, 1.807) is 12.4 Å². The molecule has 2 rings (SSSR count). The number of aliphatic hydroxyl groups excluding tert-OH is 1. The van der Waals surface area contributed by atoms with Gasteiger partial charge in [-0.3, -0.25) is 0 Å². The van der Waals surface area contributed by atoms with Crippen molar-refractivity contribution in [3.63, 3.8) is 0 Å². The van der Waals surface area contributed by atoms with Gasteiger partial charge in [0.05, 0.1) is 17.7 Å². The molecule has 1 aromatic heterocycles. The van der Waals surface area contributed by atoms with Crippen molar-refractivity contribution in [3.8, 4) is 5.69 Å². The van der Waals surface area contributed by atoms with Gasteiger partial charge >= 0.3 is 0 Å². The molecule has 21 heavy (non-hydrogen) atoms. The van der Waals surface area contributed by atoms with E-state index in [4.69, 9.17) is 5.11 Å². The highest BCUT2D eigenvalue weighted by Crippen LogP contribution is 2.20.